The average Bonchev–Trinajstić information content (AvgIpc) is 3.26. The SMILES string of the molecule is CCn1cc(-c2cc(C(=O)N3CCC[C@]4(C)NCCCC[C@H]34)on2)cn1. The first-order valence-corrected chi connectivity index (χ1v) is 9.66. The van der Waals surface area contributed by atoms with Crippen molar-refractivity contribution in [2.45, 2.75) is 64.1 Å². The van der Waals surface area contributed by atoms with E-state index in [1.807, 2.05) is 22.7 Å². The van der Waals surface area contributed by atoms with E-state index < -0.39 is 0 Å². The van der Waals surface area contributed by atoms with Gasteiger partial charge in [0.05, 0.1) is 12.2 Å². The molecule has 4 rings (SSSR count). The number of aromatic nitrogens is 3. The predicted octanol–water partition coefficient (Wildman–Crippen LogP) is 2.69. The summed E-state index contributed by atoms with van der Waals surface area (Å²) in [6.45, 7) is 6.90. The number of likely N-dealkylation sites (tertiary alicyclic amines) is 1. The van der Waals surface area contributed by atoms with Gasteiger partial charge in [-0.3, -0.25) is 9.48 Å². The lowest BCUT2D eigenvalue weighted by atomic mass is 9.81. The van der Waals surface area contributed by atoms with Gasteiger partial charge in [-0.1, -0.05) is 11.6 Å². The number of amides is 1. The van der Waals surface area contributed by atoms with E-state index in [1.165, 1.54) is 6.42 Å². The van der Waals surface area contributed by atoms with Crippen LogP contribution in [0, 0.1) is 0 Å². The number of fused-ring (bicyclic) bond motifs is 1. The lowest BCUT2D eigenvalue weighted by Gasteiger charge is -2.47. The molecule has 7 heteroatoms. The number of hydrogen-bond donors (Lipinski definition) is 1. The van der Waals surface area contributed by atoms with Crippen molar-refractivity contribution in [1.29, 1.82) is 0 Å². The Labute approximate surface area is 153 Å². The Hall–Kier alpha value is -2.15. The maximum Gasteiger partial charge on any atom is 0.292 e. The second-order valence-corrected chi connectivity index (χ2v) is 7.62. The second kappa shape index (κ2) is 6.87. The van der Waals surface area contributed by atoms with Gasteiger partial charge in [0.25, 0.3) is 5.91 Å². The molecule has 0 spiro atoms. The van der Waals surface area contributed by atoms with Crippen LogP contribution in [0.15, 0.2) is 23.0 Å². The molecule has 2 aliphatic heterocycles. The van der Waals surface area contributed by atoms with Crippen LogP contribution in [0.5, 0.6) is 0 Å². The van der Waals surface area contributed by atoms with Crippen LogP contribution < -0.4 is 5.32 Å². The predicted molar refractivity (Wildman–Crippen MR) is 97.7 cm³/mol. The molecule has 0 radical (unpaired) electrons. The molecule has 2 aromatic heterocycles. The minimum absolute atomic E-state index is 0.00444. The number of carbonyl (C=O) groups excluding carboxylic acids is 1. The zero-order chi connectivity index (χ0) is 18.1. The Kier molecular flexibility index (Phi) is 4.56. The third kappa shape index (κ3) is 3.05. The van der Waals surface area contributed by atoms with Crippen LogP contribution in [0.2, 0.25) is 0 Å². The first kappa shape index (κ1) is 17.3. The number of rotatable bonds is 3. The molecular weight excluding hydrogens is 330 g/mol. The fourth-order valence-electron chi connectivity index (χ4n) is 4.37. The van der Waals surface area contributed by atoms with E-state index >= 15 is 0 Å². The van der Waals surface area contributed by atoms with Gasteiger partial charge in [0.2, 0.25) is 5.76 Å². The molecule has 1 N–H and O–H groups in total. The summed E-state index contributed by atoms with van der Waals surface area (Å²) in [5.74, 6) is 0.268. The molecular formula is C19H27N5O2. The van der Waals surface area contributed by atoms with E-state index in [0.29, 0.717) is 11.5 Å². The van der Waals surface area contributed by atoms with E-state index in [-0.39, 0.29) is 17.5 Å². The van der Waals surface area contributed by atoms with E-state index in [9.17, 15) is 4.79 Å². The zero-order valence-corrected chi connectivity index (χ0v) is 15.6. The minimum Gasteiger partial charge on any atom is -0.350 e. The summed E-state index contributed by atoms with van der Waals surface area (Å²) >= 11 is 0. The number of hydrogen-bond acceptors (Lipinski definition) is 5. The van der Waals surface area contributed by atoms with Gasteiger partial charge >= 0.3 is 0 Å². The van der Waals surface area contributed by atoms with Crippen molar-refractivity contribution < 1.29 is 9.32 Å². The maximum absolute atomic E-state index is 13.2. The average molecular weight is 357 g/mol. The van der Waals surface area contributed by atoms with Crippen LogP contribution in [-0.2, 0) is 6.54 Å². The van der Waals surface area contributed by atoms with Gasteiger partial charge < -0.3 is 14.7 Å². The Balaban J connectivity index is 1.57. The van der Waals surface area contributed by atoms with E-state index in [4.69, 9.17) is 4.52 Å². The van der Waals surface area contributed by atoms with Crippen molar-refractivity contribution in [2.75, 3.05) is 13.1 Å². The Morgan fingerprint density at radius 1 is 1.42 bits per heavy atom. The first-order valence-electron chi connectivity index (χ1n) is 9.66. The molecule has 2 fully saturated rings. The largest absolute Gasteiger partial charge is 0.350 e. The van der Waals surface area contributed by atoms with Gasteiger partial charge in [-0.2, -0.15) is 5.10 Å². The zero-order valence-electron chi connectivity index (χ0n) is 15.6. The topological polar surface area (TPSA) is 76.2 Å². The van der Waals surface area contributed by atoms with Crippen molar-refractivity contribution in [3.63, 3.8) is 0 Å². The summed E-state index contributed by atoms with van der Waals surface area (Å²) in [6.07, 6.45) is 9.15. The summed E-state index contributed by atoms with van der Waals surface area (Å²) in [5.41, 5.74) is 1.52. The molecule has 0 aliphatic carbocycles. The van der Waals surface area contributed by atoms with Crippen LogP contribution in [0.1, 0.15) is 56.5 Å². The highest BCUT2D eigenvalue weighted by Crippen LogP contribution is 2.34. The van der Waals surface area contributed by atoms with Crippen molar-refractivity contribution in [3.8, 4) is 11.3 Å². The van der Waals surface area contributed by atoms with Gasteiger partial charge in [-0.25, -0.2) is 0 Å². The summed E-state index contributed by atoms with van der Waals surface area (Å²) in [6, 6.07) is 1.96. The van der Waals surface area contributed by atoms with Gasteiger partial charge in [0, 0.05) is 36.5 Å². The van der Waals surface area contributed by atoms with Gasteiger partial charge in [-0.15, -0.1) is 0 Å². The van der Waals surface area contributed by atoms with Crippen LogP contribution in [0.25, 0.3) is 11.3 Å². The number of aryl methyl sites for hydroxylation is 1. The molecule has 7 nitrogen and oxygen atoms in total. The lowest BCUT2D eigenvalue weighted by molar-refractivity contribution is 0.0344. The summed E-state index contributed by atoms with van der Waals surface area (Å²) in [4.78, 5) is 15.2. The minimum atomic E-state index is -0.0498. The number of nitrogens with one attached hydrogen (secondary N) is 1. The maximum atomic E-state index is 13.2. The third-order valence-electron chi connectivity index (χ3n) is 5.87. The van der Waals surface area contributed by atoms with Crippen molar-refractivity contribution in [3.05, 3.63) is 24.2 Å². The molecule has 2 aromatic rings. The standard InChI is InChI=1S/C19H27N5O2/c1-3-23-13-14(12-21-23)15-11-16(26-22-15)18(25)24-10-6-8-19(2)17(24)7-4-5-9-20-19/h11-13,17,20H,3-10H2,1-2H3/t17-,19-/m0/s1. The van der Waals surface area contributed by atoms with E-state index in [2.05, 4.69) is 22.5 Å². The van der Waals surface area contributed by atoms with Crippen molar-refractivity contribution in [1.82, 2.24) is 25.2 Å². The molecule has 2 aliphatic rings. The highest BCUT2D eigenvalue weighted by Gasteiger charge is 2.44. The van der Waals surface area contributed by atoms with E-state index in [0.717, 1.165) is 50.9 Å². The van der Waals surface area contributed by atoms with Crippen LogP contribution >= 0.6 is 0 Å². The fraction of sp³-hybridized carbons (Fsp3) is 0.632. The van der Waals surface area contributed by atoms with Crippen molar-refractivity contribution >= 4 is 5.91 Å². The number of piperidine rings is 1. The molecule has 0 unspecified atom stereocenters. The van der Waals surface area contributed by atoms with Gasteiger partial charge in [-0.05, 0) is 46.1 Å². The Morgan fingerprint density at radius 3 is 3.12 bits per heavy atom. The smallest absolute Gasteiger partial charge is 0.292 e. The molecule has 2 saturated heterocycles. The molecule has 1 amide bonds. The molecule has 0 aromatic carbocycles. The van der Waals surface area contributed by atoms with Crippen molar-refractivity contribution in [2.24, 2.45) is 0 Å². The number of nitrogens with zero attached hydrogens (tertiary/aromatic N) is 4. The molecule has 26 heavy (non-hydrogen) atoms. The van der Waals surface area contributed by atoms with Crippen LogP contribution in [0.3, 0.4) is 0 Å². The van der Waals surface area contributed by atoms with Gasteiger partial charge in [0.1, 0.15) is 5.69 Å². The normalized spacial score (nSPS) is 26.4. The summed E-state index contributed by atoms with van der Waals surface area (Å²) < 4.78 is 7.25. The first-order chi connectivity index (χ1) is 12.6. The fourth-order valence-corrected chi connectivity index (χ4v) is 4.37. The molecule has 0 saturated carbocycles. The summed E-state index contributed by atoms with van der Waals surface area (Å²) in [5, 5.41) is 12.0. The highest BCUT2D eigenvalue weighted by molar-refractivity contribution is 5.92. The van der Waals surface area contributed by atoms with Gasteiger partial charge in [0.15, 0.2) is 0 Å². The molecule has 2 atom stereocenters. The second-order valence-electron chi connectivity index (χ2n) is 7.62. The van der Waals surface area contributed by atoms with E-state index in [1.54, 1.807) is 12.3 Å². The summed E-state index contributed by atoms with van der Waals surface area (Å²) in [7, 11) is 0. The number of carbonyl (C=O) groups is 1. The van der Waals surface area contributed by atoms with Crippen LogP contribution in [-0.4, -0.2) is 50.4 Å². The monoisotopic (exact) mass is 357 g/mol. The molecule has 140 valence electrons. The quantitative estimate of drug-likeness (QED) is 0.914. The lowest BCUT2D eigenvalue weighted by Crippen LogP contribution is -2.62. The Bertz CT molecular complexity index is 782. The third-order valence-corrected chi connectivity index (χ3v) is 5.87. The van der Waals surface area contributed by atoms with Crippen LogP contribution in [0.4, 0.5) is 0 Å². The highest BCUT2D eigenvalue weighted by atomic mass is 16.5. The molecule has 4 heterocycles. The Morgan fingerprint density at radius 2 is 2.31 bits per heavy atom. The molecule has 0 bridgehead atoms.